The molecule has 92 valence electrons. The zero-order valence-corrected chi connectivity index (χ0v) is 10.5. The third-order valence-corrected chi connectivity index (χ3v) is 4.73. The highest BCUT2D eigenvalue weighted by molar-refractivity contribution is 7.99. The average Bonchev–Trinajstić information content (AvgIpc) is 2.31. The zero-order chi connectivity index (χ0) is 11.4. The minimum absolute atomic E-state index is 0.207. The van der Waals surface area contributed by atoms with E-state index in [4.69, 9.17) is 0 Å². The Morgan fingerprint density at radius 3 is 2.38 bits per heavy atom. The molecule has 16 heavy (non-hydrogen) atoms. The van der Waals surface area contributed by atoms with Crippen LogP contribution in [0, 0.1) is 5.92 Å². The number of hydrogen-bond donors (Lipinski definition) is 1. The highest BCUT2D eigenvalue weighted by Crippen LogP contribution is 2.30. The van der Waals surface area contributed by atoms with Crippen LogP contribution < -0.4 is 0 Å². The first-order valence-corrected chi connectivity index (χ1v) is 7.49. The van der Waals surface area contributed by atoms with Crippen LogP contribution >= 0.6 is 11.8 Å². The summed E-state index contributed by atoms with van der Waals surface area (Å²) in [5.41, 5.74) is 0. The molecular weight excluding hydrogens is 222 g/mol. The van der Waals surface area contributed by atoms with Gasteiger partial charge in [-0.1, -0.05) is 19.3 Å². The van der Waals surface area contributed by atoms with Gasteiger partial charge in [0, 0.05) is 24.6 Å². The molecule has 0 spiro atoms. The van der Waals surface area contributed by atoms with E-state index in [2.05, 4.69) is 4.90 Å². The van der Waals surface area contributed by atoms with Crippen molar-refractivity contribution in [3.05, 3.63) is 0 Å². The Labute approximate surface area is 102 Å². The molecule has 2 rings (SSSR count). The van der Waals surface area contributed by atoms with Crippen molar-refractivity contribution in [2.45, 2.75) is 38.1 Å². The lowest BCUT2D eigenvalue weighted by atomic mass is 9.83. The van der Waals surface area contributed by atoms with Crippen LogP contribution in [-0.2, 0) is 4.79 Å². The van der Waals surface area contributed by atoms with Gasteiger partial charge in [-0.2, -0.15) is 11.8 Å². The van der Waals surface area contributed by atoms with Gasteiger partial charge in [0.1, 0.15) is 6.04 Å². The number of carbonyl (C=O) groups is 1. The Bertz CT molecular complexity index is 217. The van der Waals surface area contributed by atoms with Crippen LogP contribution in [-0.4, -0.2) is 46.6 Å². The van der Waals surface area contributed by atoms with E-state index in [0.717, 1.165) is 37.4 Å². The second-order valence-electron chi connectivity index (χ2n) is 4.83. The van der Waals surface area contributed by atoms with E-state index in [1.165, 1.54) is 19.3 Å². The maximum Gasteiger partial charge on any atom is 0.321 e. The second kappa shape index (κ2) is 5.92. The van der Waals surface area contributed by atoms with Crippen LogP contribution in [0.1, 0.15) is 32.1 Å². The number of carboxylic acids is 1. The van der Waals surface area contributed by atoms with Crippen molar-refractivity contribution in [2.75, 3.05) is 24.6 Å². The van der Waals surface area contributed by atoms with Gasteiger partial charge in [-0.3, -0.25) is 9.69 Å². The summed E-state index contributed by atoms with van der Waals surface area (Å²) in [4.78, 5) is 13.7. The van der Waals surface area contributed by atoms with Gasteiger partial charge < -0.3 is 5.11 Å². The van der Waals surface area contributed by atoms with Gasteiger partial charge >= 0.3 is 5.97 Å². The molecule has 2 fully saturated rings. The molecule has 2 aliphatic rings. The van der Waals surface area contributed by atoms with E-state index in [9.17, 15) is 9.90 Å². The molecule has 1 aliphatic heterocycles. The molecule has 4 heteroatoms. The van der Waals surface area contributed by atoms with Crippen LogP contribution in [0.25, 0.3) is 0 Å². The van der Waals surface area contributed by atoms with E-state index >= 15 is 0 Å². The molecule has 1 atom stereocenters. The number of aliphatic carboxylic acids is 1. The normalized spacial score (nSPS) is 26.5. The summed E-state index contributed by atoms with van der Waals surface area (Å²) in [5, 5.41) is 9.43. The summed E-state index contributed by atoms with van der Waals surface area (Å²) < 4.78 is 0. The zero-order valence-electron chi connectivity index (χ0n) is 9.73. The van der Waals surface area contributed by atoms with Gasteiger partial charge in [0.05, 0.1) is 0 Å². The van der Waals surface area contributed by atoms with Crippen LogP contribution in [0.5, 0.6) is 0 Å². The van der Waals surface area contributed by atoms with E-state index in [1.807, 2.05) is 11.8 Å². The molecule has 0 radical (unpaired) electrons. The predicted octanol–water partition coefficient (Wildman–Crippen LogP) is 2.07. The minimum atomic E-state index is -0.598. The van der Waals surface area contributed by atoms with Gasteiger partial charge in [0.25, 0.3) is 0 Å². The lowest BCUT2D eigenvalue weighted by molar-refractivity contribution is -0.146. The number of thioether (sulfide) groups is 1. The molecule has 1 saturated carbocycles. The maximum atomic E-state index is 11.4. The highest BCUT2D eigenvalue weighted by atomic mass is 32.2. The molecule has 1 unspecified atom stereocenters. The summed E-state index contributed by atoms with van der Waals surface area (Å²) in [6.07, 6.45) is 5.95. The standard InChI is InChI=1S/C12H21NO2S/c14-12(15)11(10-4-2-1-3-5-10)13-6-8-16-9-7-13/h10-11H,1-9H2,(H,14,15). The van der Waals surface area contributed by atoms with Crippen molar-refractivity contribution in [1.82, 2.24) is 4.90 Å². The largest absolute Gasteiger partial charge is 0.480 e. The molecule has 3 nitrogen and oxygen atoms in total. The predicted molar refractivity (Wildman–Crippen MR) is 66.9 cm³/mol. The van der Waals surface area contributed by atoms with Gasteiger partial charge in [0.2, 0.25) is 0 Å². The van der Waals surface area contributed by atoms with Crippen molar-refractivity contribution in [3.8, 4) is 0 Å². The molecule has 0 aromatic rings. The third kappa shape index (κ3) is 2.92. The van der Waals surface area contributed by atoms with Crippen LogP contribution in [0.3, 0.4) is 0 Å². The lowest BCUT2D eigenvalue weighted by Crippen LogP contribution is -2.50. The number of carboxylic acid groups (broad SMARTS) is 1. The van der Waals surface area contributed by atoms with E-state index < -0.39 is 5.97 Å². The number of rotatable bonds is 3. The monoisotopic (exact) mass is 243 g/mol. The van der Waals surface area contributed by atoms with Crippen molar-refractivity contribution < 1.29 is 9.90 Å². The van der Waals surface area contributed by atoms with Gasteiger partial charge in [0.15, 0.2) is 0 Å². The van der Waals surface area contributed by atoms with Crippen LogP contribution in [0.15, 0.2) is 0 Å². The molecule has 0 amide bonds. The molecule has 0 aromatic carbocycles. The van der Waals surface area contributed by atoms with Crippen molar-refractivity contribution in [3.63, 3.8) is 0 Å². The fraction of sp³-hybridized carbons (Fsp3) is 0.917. The summed E-state index contributed by atoms with van der Waals surface area (Å²) in [6, 6.07) is -0.207. The minimum Gasteiger partial charge on any atom is -0.480 e. The van der Waals surface area contributed by atoms with Gasteiger partial charge in [-0.25, -0.2) is 0 Å². The third-order valence-electron chi connectivity index (χ3n) is 3.79. The van der Waals surface area contributed by atoms with Gasteiger partial charge in [-0.15, -0.1) is 0 Å². The molecule has 0 bridgehead atoms. The van der Waals surface area contributed by atoms with Crippen molar-refractivity contribution in [1.29, 1.82) is 0 Å². The highest BCUT2D eigenvalue weighted by Gasteiger charge is 2.34. The Kier molecular flexibility index (Phi) is 4.53. The second-order valence-corrected chi connectivity index (χ2v) is 6.05. The van der Waals surface area contributed by atoms with Crippen molar-refractivity contribution >= 4 is 17.7 Å². The summed E-state index contributed by atoms with van der Waals surface area (Å²) in [5.74, 6) is 1.99. The van der Waals surface area contributed by atoms with Crippen LogP contribution in [0.2, 0.25) is 0 Å². The first-order chi connectivity index (χ1) is 7.79. The Morgan fingerprint density at radius 2 is 1.81 bits per heavy atom. The average molecular weight is 243 g/mol. The summed E-state index contributed by atoms with van der Waals surface area (Å²) in [7, 11) is 0. The topological polar surface area (TPSA) is 40.5 Å². The van der Waals surface area contributed by atoms with Crippen LogP contribution in [0.4, 0.5) is 0 Å². The number of nitrogens with zero attached hydrogens (tertiary/aromatic N) is 1. The first-order valence-electron chi connectivity index (χ1n) is 6.33. The smallest absolute Gasteiger partial charge is 0.321 e. The fourth-order valence-corrected chi connectivity index (χ4v) is 3.89. The molecule has 0 aromatic heterocycles. The maximum absolute atomic E-state index is 11.4. The molecule has 1 heterocycles. The summed E-state index contributed by atoms with van der Waals surface area (Å²) in [6.45, 7) is 1.91. The SMILES string of the molecule is O=C(O)C(C1CCCCC1)N1CCSCC1. The first kappa shape index (κ1) is 12.2. The quantitative estimate of drug-likeness (QED) is 0.824. The lowest BCUT2D eigenvalue weighted by Gasteiger charge is -2.37. The van der Waals surface area contributed by atoms with E-state index in [1.54, 1.807) is 0 Å². The van der Waals surface area contributed by atoms with Crippen molar-refractivity contribution in [2.24, 2.45) is 5.92 Å². The fourth-order valence-electron chi connectivity index (χ4n) is 2.96. The molecular formula is C12H21NO2S. The van der Waals surface area contributed by atoms with E-state index in [0.29, 0.717) is 5.92 Å². The Balaban J connectivity index is 1.99. The van der Waals surface area contributed by atoms with E-state index in [-0.39, 0.29) is 6.04 Å². The molecule has 1 aliphatic carbocycles. The summed E-state index contributed by atoms with van der Waals surface area (Å²) >= 11 is 1.94. The molecule has 1 saturated heterocycles. The Morgan fingerprint density at radius 1 is 1.19 bits per heavy atom. The Hall–Kier alpha value is -0.220. The molecule has 1 N–H and O–H groups in total. The van der Waals surface area contributed by atoms with Gasteiger partial charge in [-0.05, 0) is 18.8 Å². The number of hydrogen-bond acceptors (Lipinski definition) is 3.